The van der Waals surface area contributed by atoms with Crippen LogP contribution in [0.5, 0.6) is 0 Å². The average Bonchev–Trinajstić information content (AvgIpc) is 2.77. The fourth-order valence-corrected chi connectivity index (χ4v) is 4.85. The topological polar surface area (TPSA) is 69.6 Å². The van der Waals surface area contributed by atoms with Crippen molar-refractivity contribution < 1.29 is 13.5 Å². The van der Waals surface area contributed by atoms with Crippen LogP contribution in [-0.4, -0.2) is 44.1 Å². The first kappa shape index (κ1) is 16.2. The molecule has 2 fully saturated rings. The second-order valence-electron chi connectivity index (χ2n) is 7.40. The molecule has 2 N–H and O–H groups in total. The zero-order chi connectivity index (χ0) is 15.2. The van der Waals surface area contributed by atoms with Gasteiger partial charge in [0.15, 0.2) is 0 Å². The molecule has 0 aromatic carbocycles. The predicted octanol–water partition coefficient (Wildman–Crippen LogP) is 1.21. The molecular formula is C14H28N2O3S. The van der Waals surface area contributed by atoms with E-state index in [0.717, 1.165) is 12.8 Å². The van der Waals surface area contributed by atoms with Gasteiger partial charge in [0.05, 0.1) is 0 Å². The van der Waals surface area contributed by atoms with E-state index in [2.05, 4.69) is 32.4 Å². The molecule has 1 aliphatic carbocycles. The molecule has 1 aliphatic heterocycles. The summed E-state index contributed by atoms with van der Waals surface area (Å²) in [5.41, 5.74) is 0.371. The van der Waals surface area contributed by atoms with E-state index in [4.69, 9.17) is 0 Å². The molecule has 1 saturated carbocycles. The van der Waals surface area contributed by atoms with Gasteiger partial charge in [-0.3, -0.25) is 0 Å². The third-order valence-electron chi connectivity index (χ3n) is 5.87. The molecule has 2 rings (SSSR count). The Kier molecular flexibility index (Phi) is 4.24. The number of aliphatic hydroxyl groups is 1. The van der Waals surface area contributed by atoms with E-state index in [1.165, 1.54) is 4.31 Å². The number of nitrogens with zero attached hydrogens (tertiary/aromatic N) is 1. The van der Waals surface area contributed by atoms with Crippen LogP contribution >= 0.6 is 0 Å². The molecule has 118 valence electrons. The van der Waals surface area contributed by atoms with Crippen molar-refractivity contribution in [1.29, 1.82) is 0 Å². The summed E-state index contributed by atoms with van der Waals surface area (Å²) >= 11 is 0. The van der Waals surface area contributed by atoms with Crippen LogP contribution in [0.3, 0.4) is 0 Å². The highest BCUT2D eigenvalue weighted by Gasteiger charge is 2.64. The van der Waals surface area contributed by atoms with Crippen LogP contribution in [-0.2, 0) is 10.2 Å². The van der Waals surface area contributed by atoms with E-state index in [1.807, 2.05) is 0 Å². The van der Waals surface area contributed by atoms with Crippen molar-refractivity contribution in [3.63, 3.8) is 0 Å². The van der Waals surface area contributed by atoms with Gasteiger partial charge in [0.2, 0.25) is 0 Å². The van der Waals surface area contributed by atoms with Gasteiger partial charge in [0.25, 0.3) is 10.2 Å². The molecule has 20 heavy (non-hydrogen) atoms. The zero-order valence-corrected chi connectivity index (χ0v) is 13.8. The second kappa shape index (κ2) is 5.23. The molecule has 0 aromatic rings. The summed E-state index contributed by atoms with van der Waals surface area (Å²) in [6, 6.07) is 0. The molecule has 0 radical (unpaired) electrons. The summed E-state index contributed by atoms with van der Waals surface area (Å²) in [5.74, 6) is 0.456. The lowest BCUT2D eigenvalue weighted by Crippen LogP contribution is -2.47. The van der Waals surface area contributed by atoms with E-state index in [-0.39, 0.29) is 23.4 Å². The zero-order valence-electron chi connectivity index (χ0n) is 13.0. The van der Waals surface area contributed by atoms with Gasteiger partial charge in [0.1, 0.15) is 0 Å². The van der Waals surface area contributed by atoms with E-state index in [9.17, 15) is 13.5 Å². The normalized spacial score (nSPS) is 30.4. The lowest BCUT2D eigenvalue weighted by Gasteiger charge is -2.31. The van der Waals surface area contributed by atoms with Crippen molar-refractivity contribution in [1.82, 2.24) is 9.03 Å². The van der Waals surface area contributed by atoms with Crippen LogP contribution in [0.2, 0.25) is 0 Å². The lowest BCUT2D eigenvalue weighted by molar-refractivity contribution is 0.164. The summed E-state index contributed by atoms with van der Waals surface area (Å²) in [7, 11) is -3.41. The standard InChI is InChI=1S/C14H28N2O3S/c1-13(2)12(14(13,3)4)8-15-20(18,19)16-7-5-6-11(9-16)10-17/h11-12,15,17H,5-10H2,1-4H3. The molecule has 1 heterocycles. The number of hydrogen-bond acceptors (Lipinski definition) is 3. The summed E-state index contributed by atoms with van der Waals surface area (Å²) in [6.07, 6.45) is 1.73. The smallest absolute Gasteiger partial charge is 0.279 e. The molecule has 1 unspecified atom stereocenters. The summed E-state index contributed by atoms with van der Waals surface area (Å²) in [4.78, 5) is 0. The number of rotatable bonds is 5. The van der Waals surface area contributed by atoms with E-state index >= 15 is 0 Å². The minimum absolute atomic E-state index is 0.0642. The highest BCUT2D eigenvalue weighted by atomic mass is 32.2. The first-order valence-corrected chi connectivity index (χ1v) is 8.92. The third-order valence-corrected chi connectivity index (χ3v) is 7.41. The monoisotopic (exact) mass is 304 g/mol. The van der Waals surface area contributed by atoms with Gasteiger partial charge in [-0.05, 0) is 35.5 Å². The van der Waals surface area contributed by atoms with Gasteiger partial charge < -0.3 is 5.11 Å². The largest absolute Gasteiger partial charge is 0.396 e. The fraction of sp³-hybridized carbons (Fsp3) is 1.00. The van der Waals surface area contributed by atoms with Crippen LogP contribution in [0, 0.1) is 22.7 Å². The Bertz CT molecular complexity index is 445. The van der Waals surface area contributed by atoms with Gasteiger partial charge in [-0.2, -0.15) is 12.7 Å². The Labute approximate surface area is 122 Å². The average molecular weight is 304 g/mol. The van der Waals surface area contributed by atoms with Crippen LogP contribution in [0.15, 0.2) is 0 Å². The Morgan fingerprint density at radius 1 is 1.25 bits per heavy atom. The maximum absolute atomic E-state index is 12.3. The fourth-order valence-electron chi connectivity index (χ4n) is 3.52. The van der Waals surface area contributed by atoms with Crippen molar-refractivity contribution in [3.05, 3.63) is 0 Å². The Hall–Kier alpha value is -0.170. The molecule has 5 nitrogen and oxygen atoms in total. The molecule has 0 bridgehead atoms. The third kappa shape index (κ3) is 2.75. The molecule has 1 saturated heterocycles. The number of aliphatic hydroxyl groups excluding tert-OH is 1. The molecule has 0 amide bonds. The lowest BCUT2D eigenvalue weighted by atomic mass is 10.0. The van der Waals surface area contributed by atoms with Crippen LogP contribution in [0.1, 0.15) is 40.5 Å². The Morgan fingerprint density at radius 3 is 2.35 bits per heavy atom. The minimum atomic E-state index is -3.41. The quantitative estimate of drug-likeness (QED) is 0.802. The first-order valence-electron chi connectivity index (χ1n) is 7.48. The van der Waals surface area contributed by atoms with Gasteiger partial charge in [-0.15, -0.1) is 0 Å². The highest BCUT2D eigenvalue weighted by Crippen LogP contribution is 2.67. The van der Waals surface area contributed by atoms with Crippen molar-refractivity contribution in [2.75, 3.05) is 26.2 Å². The van der Waals surface area contributed by atoms with E-state index in [0.29, 0.717) is 25.6 Å². The van der Waals surface area contributed by atoms with Crippen LogP contribution < -0.4 is 4.72 Å². The van der Waals surface area contributed by atoms with E-state index in [1.54, 1.807) is 0 Å². The van der Waals surface area contributed by atoms with Crippen LogP contribution in [0.4, 0.5) is 0 Å². The molecular weight excluding hydrogens is 276 g/mol. The van der Waals surface area contributed by atoms with Crippen molar-refractivity contribution >= 4 is 10.2 Å². The molecule has 6 heteroatoms. The molecule has 0 spiro atoms. The second-order valence-corrected chi connectivity index (χ2v) is 9.15. The summed E-state index contributed by atoms with van der Waals surface area (Å²) in [6.45, 7) is 10.3. The SMILES string of the molecule is CC1(C)C(CNS(=O)(=O)N2CCCC(CO)C2)C1(C)C. The number of nitrogens with one attached hydrogen (secondary N) is 1. The predicted molar refractivity (Wildman–Crippen MR) is 79.4 cm³/mol. The van der Waals surface area contributed by atoms with Crippen molar-refractivity contribution in [2.45, 2.75) is 40.5 Å². The minimum Gasteiger partial charge on any atom is -0.396 e. The van der Waals surface area contributed by atoms with Gasteiger partial charge in [-0.1, -0.05) is 27.7 Å². The molecule has 1 atom stereocenters. The molecule has 2 aliphatic rings. The van der Waals surface area contributed by atoms with Gasteiger partial charge >= 0.3 is 0 Å². The highest BCUT2D eigenvalue weighted by molar-refractivity contribution is 7.87. The van der Waals surface area contributed by atoms with Gasteiger partial charge in [0, 0.05) is 26.2 Å². The maximum atomic E-state index is 12.3. The Balaban J connectivity index is 1.92. The molecule has 0 aromatic heterocycles. The Morgan fingerprint density at radius 2 is 1.85 bits per heavy atom. The van der Waals surface area contributed by atoms with Crippen LogP contribution in [0.25, 0.3) is 0 Å². The maximum Gasteiger partial charge on any atom is 0.279 e. The van der Waals surface area contributed by atoms with E-state index < -0.39 is 10.2 Å². The summed E-state index contributed by atoms with van der Waals surface area (Å²) < 4.78 is 28.9. The number of hydrogen-bond donors (Lipinski definition) is 2. The van der Waals surface area contributed by atoms with Gasteiger partial charge in [-0.25, -0.2) is 4.72 Å². The van der Waals surface area contributed by atoms with Crippen molar-refractivity contribution in [3.8, 4) is 0 Å². The number of piperidine rings is 1. The first-order chi connectivity index (χ1) is 9.13. The van der Waals surface area contributed by atoms with Crippen molar-refractivity contribution in [2.24, 2.45) is 22.7 Å². The summed E-state index contributed by atoms with van der Waals surface area (Å²) in [5, 5.41) is 9.20.